The van der Waals surface area contributed by atoms with Crippen LogP contribution < -0.4 is 10.6 Å². The fourth-order valence-corrected chi connectivity index (χ4v) is 4.10. The zero-order chi connectivity index (χ0) is 14.4. The Morgan fingerprint density at radius 1 is 1.25 bits per heavy atom. The van der Waals surface area contributed by atoms with Crippen LogP contribution in [0.5, 0.6) is 0 Å². The smallest absolute Gasteiger partial charge is 0.226 e. The summed E-state index contributed by atoms with van der Waals surface area (Å²) in [5.74, 6) is 1.77. The molecule has 0 aromatic carbocycles. The summed E-state index contributed by atoms with van der Waals surface area (Å²) in [6.45, 7) is 7.65. The van der Waals surface area contributed by atoms with E-state index in [1.165, 1.54) is 25.7 Å². The second-order valence-corrected chi connectivity index (χ2v) is 7.32. The van der Waals surface area contributed by atoms with Crippen molar-refractivity contribution in [2.45, 2.75) is 65.2 Å². The first kappa shape index (κ1) is 15.8. The molecule has 1 saturated carbocycles. The summed E-state index contributed by atoms with van der Waals surface area (Å²) < 4.78 is 0. The molecule has 2 N–H and O–H groups in total. The Morgan fingerprint density at radius 2 is 1.90 bits per heavy atom. The van der Waals surface area contributed by atoms with Gasteiger partial charge >= 0.3 is 0 Å². The van der Waals surface area contributed by atoms with Gasteiger partial charge in [0.15, 0.2) is 0 Å². The van der Waals surface area contributed by atoms with Crippen LogP contribution in [0.4, 0.5) is 0 Å². The average molecular weight is 280 g/mol. The van der Waals surface area contributed by atoms with Crippen LogP contribution in [0.2, 0.25) is 0 Å². The number of carbonyl (C=O) groups is 1. The van der Waals surface area contributed by atoms with E-state index in [-0.39, 0.29) is 5.41 Å². The third-order valence-electron chi connectivity index (χ3n) is 5.14. The molecule has 0 atom stereocenters. The standard InChI is InChI=1S/C17H32N2O/c1-14(2)13-17(8-3-4-9-17)16(20)19-12-7-15-5-10-18-11-6-15/h14-15,18H,3-13H2,1-2H3,(H,19,20). The minimum Gasteiger partial charge on any atom is -0.356 e. The largest absolute Gasteiger partial charge is 0.356 e. The molecule has 3 heteroatoms. The van der Waals surface area contributed by atoms with Crippen LogP contribution in [0.25, 0.3) is 0 Å². The summed E-state index contributed by atoms with van der Waals surface area (Å²) in [6.07, 6.45) is 9.43. The van der Waals surface area contributed by atoms with Crippen molar-refractivity contribution < 1.29 is 4.79 Å². The minimum absolute atomic E-state index is 0.0394. The highest BCUT2D eigenvalue weighted by Gasteiger charge is 2.41. The lowest BCUT2D eigenvalue weighted by Gasteiger charge is -2.30. The van der Waals surface area contributed by atoms with Gasteiger partial charge in [0.2, 0.25) is 5.91 Å². The predicted molar refractivity (Wildman–Crippen MR) is 83.6 cm³/mol. The van der Waals surface area contributed by atoms with Gasteiger partial charge in [-0.25, -0.2) is 0 Å². The molecule has 1 saturated heterocycles. The molecule has 3 nitrogen and oxygen atoms in total. The second-order valence-electron chi connectivity index (χ2n) is 7.32. The van der Waals surface area contributed by atoms with Gasteiger partial charge in [0.05, 0.1) is 0 Å². The summed E-state index contributed by atoms with van der Waals surface area (Å²) >= 11 is 0. The molecule has 20 heavy (non-hydrogen) atoms. The van der Waals surface area contributed by atoms with Crippen LogP contribution in [-0.2, 0) is 4.79 Å². The van der Waals surface area contributed by atoms with Crippen LogP contribution in [0, 0.1) is 17.3 Å². The molecule has 0 unspecified atom stereocenters. The molecule has 116 valence electrons. The summed E-state index contributed by atoms with van der Waals surface area (Å²) in [5.41, 5.74) is -0.0394. The van der Waals surface area contributed by atoms with E-state index in [4.69, 9.17) is 0 Å². The molecule has 2 rings (SSSR count). The number of carbonyl (C=O) groups excluding carboxylic acids is 1. The van der Waals surface area contributed by atoms with Crippen molar-refractivity contribution >= 4 is 5.91 Å². The van der Waals surface area contributed by atoms with Crippen molar-refractivity contribution in [2.75, 3.05) is 19.6 Å². The van der Waals surface area contributed by atoms with E-state index >= 15 is 0 Å². The van der Waals surface area contributed by atoms with Gasteiger partial charge in [-0.1, -0.05) is 26.7 Å². The average Bonchev–Trinajstić information content (AvgIpc) is 2.89. The lowest BCUT2D eigenvalue weighted by atomic mass is 9.77. The fourth-order valence-electron chi connectivity index (χ4n) is 4.10. The third-order valence-corrected chi connectivity index (χ3v) is 5.14. The summed E-state index contributed by atoms with van der Waals surface area (Å²) in [6, 6.07) is 0. The Labute approximate surface area is 124 Å². The van der Waals surface area contributed by atoms with Crippen molar-refractivity contribution in [2.24, 2.45) is 17.3 Å². The molecule has 0 spiro atoms. The number of hydrogen-bond donors (Lipinski definition) is 2. The maximum absolute atomic E-state index is 12.6. The molecule has 1 amide bonds. The van der Waals surface area contributed by atoms with E-state index in [1.54, 1.807) is 0 Å². The summed E-state index contributed by atoms with van der Waals surface area (Å²) in [4.78, 5) is 12.6. The van der Waals surface area contributed by atoms with E-state index in [0.717, 1.165) is 51.2 Å². The molecule has 0 radical (unpaired) electrons. The molecule has 1 heterocycles. The van der Waals surface area contributed by atoms with Gasteiger partial charge in [0, 0.05) is 12.0 Å². The van der Waals surface area contributed by atoms with Gasteiger partial charge < -0.3 is 10.6 Å². The lowest BCUT2D eigenvalue weighted by Crippen LogP contribution is -2.41. The first-order valence-corrected chi connectivity index (χ1v) is 8.61. The lowest BCUT2D eigenvalue weighted by molar-refractivity contribution is -0.131. The van der Waals surface area contributed by atoms with E-state index in [0.29, 0.717) is 11.8 Å². The van der Waals surface area contributed by atoms with Gasteiger partial charge in [-0.2, -0.15) is 0 Å². The van der Waals surface area contributed by atoms with Gasteiger partial charge in [0.1, 0.15) is 0 Å². The maximum atomic E-state index is 12.6. The summed E-state index contributed by atoms with van der Waals surface area (Å²) in [5, 5.41) is 6.66. The normalized spacial score (nSPS) is 23.1. The molecule has 2 fully saturated rings. The highest BCUT2D eigenvalue weighted by molar-refractivity contribution is 5.82. The summed E-state index contributed by atoms with van der Waals surface area (Å²) in [7, 11) is 0. The van der Waals surface area contributed by atoms with Crippen molar-refractivity contribution in [3.8, 4) is 0 Å². The molecule has 0 aromatic rings. The number of amides is 1. The Kier molecular flexibility index (Phi) is 5.88. The SMILES string of the molecule is CC(C)CC1(C(=O)NCCC2CCNCC2)CCCC1. The third kappa shape index (κ3) is 4.21. The number of rotatable bonds is 6. The van der Waals surface area contributed by atoms with Gasteiger partial charge in [0.25, 0.3) is 0 Å². The van der Waals surface area contributed by atoms with Crippen LogP contribution in [0.15, 0.2) is 0 Å². The zero-order valence-corrected chi connectivity index (χ0v) is 13.3. The Bertz CT molecular complexity index is 302. The molecular weight excluding hydrogens is 248 g/mol. The van der Waals surface area contributed by atoms with Crippen molar-refractivity contribution in [1.29, 1.82) is 0 Å². The Balaban J connectivity index is 1.76. The number of nitrogens with one attached hydrogen (secondary N) is 2. The molecule has 0 bridgehead atoms. The van der Waals surface area contributed by atoms with Crippen molar-refractivity contribution in [1.82, 2.24) is 10.6 Å². The van der Waals surface area contributed by atoms with E-state index in [1.807, 2.05) is 0 Å². The second kappa shape index (κ2) is 7.44. The predicted octanol–water partition coefficient (Wildman–Crippen LogP) is 3.10. The highest BCUT2D eigenvalue weighted by Crippen LogP contribution is 2.43. The Hall–Kier alpha value is -0.570. The first-order chi connectivity index (χ1) is 9.62. The maximum Gasteiger partial charge on any atom is 0.226 e. The van der Waals surface area contributed by atoms with Gasteiger partial charge in [-0.3, -0.25) is 4.79 Å². The van der Waals surface area contributed by atoms with Crippen LogP contribution >= 0.6 is 0 Å². The van der Waals surface area contributed by atoms with E-state index in [9.17, 15) is 4.79 Å². The first-order valence-electron chi connectivity index (χ1n) is 8.61. The van der Waals surface area contributed by atoms with Gasteiger partial charge in [-0.15, -0.1) is 0 Å². The van der Waals surface area contributed by atoms with Crippen molar-refractivity contribution in [3.05, 3.63) is 0 Å². The van der Waals surface area contributed by atoms with E-state index in [2.05, 4.69) is 24.5 Å². The zero-order valence-electron chi connectivity index (χ0n) is 13.3. The highest BCUT2D eigenvalue weighted by atomic mass is 16.2. The van der Waals surface area contributed by atoms with Crippen molar-refractivity contribution in [3.63, 3.8) is 0 Å². The van der Waals surface area contributed by atoms with Crippen LogP contribution in [0.3, 0.4) is 0 Å². The fraction of sp³-hybridized carbons (Fsp3) is 0.941. The monoisotopic (exact) mass is 280 g/mol. The number of hydrogen-bond acceptors (Lipinski definition) is 2. The van der Waals surface area contributed by atoms with Crippen LogP contribution in [-0.4, -0.2) is 25.5 Å². The van der Waals surface area contributed by atoms with Gasteiger partial charge in [-0.05, 0) is 63.5 Å². The molecule has 0 aromatic heterocycles. The molecular formula is C17H32N2O. The Morgan fingerprint density at radius 3 is 2.50 bits per heavy atom. The van der Waals surface area contributed by atoms with Crippen LogP contribution in [0.1, 0.15) is 65.2 Å². The topological polar surface area (TPSA) is 41.1 Å². The minimum atomic E-state index is -0.0394. The molecule has 1 aliphatic heterocycles. The molecule has 1 aliphatic carbocycles. The quantitative estimate of drug-likeness (QED) is 0.785. The molecule has 2 aliphatic rings. The van der Waals surface area contributed by atoms with E-state index < -0.39 is 0 Å². The number of piperidine rings is 1.